The van der Waals surface area contributed by atoms with Gasteiger partial charge >= 0.3 is 6.18 Å². The van der Waals surface area contributed by atoms with Gasteiger partial charge in [0.25, 0.3) is 0 Å². The van der Waals surface area contributed by atoms with Crippen LogP contribution in [0.4, 0.5) is 24.5 Å². The molecule has 27 heavy (non-hydrogen) atoms. The Morgan fingerprint density at radius 3 is 2.59 bits per heavy atom. The monoisotopic (exact) mass is 396 g/mol. The molecule has 8 heteroatoms. The molecule has 0 unspecified atom stereocenters. The van der Waals surface area contributed by atoms with E-state index in [1.165, 1.54) is 23.5 Å². The summed E-state index contributed by atoms with van der Waals surface area (Å²) in [5.41, 5.74) is -0.648. The fourth-order valence-electron chi connectivity index (χ4n) is 2.77. The van der Waals surface area contributed by atoms with Crippen molar-refractivity contribution in [3.8, 4) is 0 Å². The molecule has 1 aliphatic heterocycles. The summed E-state index contributed by atoms with van der Waals surface area (Å²) in [6, 6.07) is 7.72. The Labute approximate surface area is 159 Å². The highest BCUT2D eigenvalue weighted by Crippen LogP contribution is 2.37. The van der Waals surface area contributed by atoms with E-state index in [-0.39, 0.29) is 5.69 Å². The van der Waals surface area contributed by atoms with Crippen LogP contribution in [0.15, 0.2) is 36.4 Å². The summed E-state index contributed by atoms with van der Waals surface area (Å²) in [4.78, 5) is 15.9. The van der Waals surface area contributed by atoms with Crippen LogP contribution in [0.25, 0.3) is 6.08 Å². The summed E-state index contributed by atoms with van der Waals surface area (Å²) >= 11 is 1.50. The standard InChI is InChI=1S/C19H19F3N2O2S/c1-13-2-4-15(27-13)5-7-18(25)23-17-6-3-14(12-16(17)19(20,21)22)24-8-10-26-11-9-24/h2-7,12H,8-11H2,1H3,(H,23,25). The van der Waals surface area contributed by atoms with E-state index >= 15 is 0 Å². The molecular formula is C19H19F3N2O2S. The van der Waals surface area contributed by atoms with Gasteiger partial charge in [-0.2, -0.15) is 13.2 Å². The maximum absolute atomic E-state index is 13.5. The van der Waals surface area contributed by atoms with Crippen LogP contribution in [-0.2, 0) is 15.7 Å². The molecule has 1 aromatic carbocycles. The van der Waals surface area contributed by atoms with E-state index in [0.29, 0.717) is 32.0 Å². The second-order valence-corrected chi connectivity index (χ2v) is 7.42. The lowest BCUT2D eigenvalue weighted by Gasteiger charge is -2.29. The first-order valence-corrected chi connectivity index (χ1v) is 9.24. The maximum Gasteiger partial charge on any atom is 0.418 e. The molecule has 0 saturated carbocycles. The molecule has 1 N–H and O–H groups in total. The van der Waals surface area contributed by atoms with E-state index in [2.05, 4.69) is 5.32 Å². The average Bonchev–Trinajstić information content (AvgIpc) is 3.05. The number of carbonyl (C=O) groups is 1. The van der Waals surface area contributed by atoms with Crippen molar-refractivity contribution in [1.29, 1.82) is 0 Å². The van der Waals surface area contributed by atoms with E-state index in [9.17, 15) is 18.0 Å². The number of aryl methyl sites for hydroxylation is 1. The number of anilines is 2. The minimum atomic E-state index is -4.57. The zero-order valence-corrected chi connectivity index (χ0v) is 15.5. The third-order valence-electron chi connectivity index (χ3n) is 4.10. The van der Waals surface area contributed by atoms with Crippen molar-refractivity contribution in [2.75, 3.05) is 36.5 Å². The molecule has 0 aliphatic carbocycles. The minimum absolute atomic E-state index is 0.253. The van der Waals surface area contributed by atoms with Crippen LogP contribution in [0.5, 0.6) is 0 Å². The number of hydrogen-bond donors (Lipinski definition) is 1. The van der Waals surface area contributed by atoms with Gasteiger partial charge in [0.15, 0.2) is 0 Å². The molecular weight excluding hydrogens is 377 g/mol. The number of carbonyl (C=O) groups excluding carboxylic acids is 1. The fourth-order valence-corrected chi connectivity index (χ4v) is 3.55. The summed E-state index contributed by atoms with van der Waals surface area (Å²) in [6.45, 7) is 3.96. The van der Waals surface area contributed by atoms with Crippen molar-refractivity contribution < 1.29 is 22.7 Å². The van der Waals surface area contributed by atoms with E-state index in [1.54, 1.807) is 12.1 Å². The first-order valence-electron chi connectivity index (χ1n) is 8.42. The normalized spacial score (nSPS) is 15.3. The topological polar surface area (TPSA) is 41.6 Å². The number of alkyl halides is 3. The summed E-state index contributed by atoms with van der Waals surface area (Å²) in [5.74, 6) is -0.606. The number of benzene rings is 1. The molecule has 144 valence electrons. The zero-order chi connectivity index (χ0) is 19.4. The molecule has 1 aliphatic rings. The van der Waals surface area contributed by atoms with Gasteiger partial charge in [-0.05, 0) is 43.3 Å². The SMILES string of the molecule is Cc1ccc(C=CC(=O)Nc2ccc(N3CCOCC3)cc2C(F)(F)F)s1. The average molecular weight is 396 g/mol. The molecule has 1 amide bonds. The van der Waals surface area contributed by atoms with Crippen molar-refractivity contribution in [1.82, 2.24) is 0 Å². The van der Waals surface area contributed by atoms with Gasteiger partial charge in [-0.25, -0.2) is 0 Å². The van der Waals surface area contributed by atoms with Crippen LogP contribution in [-0.4, -0.2) is 32.2 Å². The van der Waals surface area contributed by atoms with Crippen LogP contribution in [0, 0.1) is 6.92 Å². The van der Waals surface area contributed by atoms with Crippen molar-refractivity contribution in [2.45, 2.75) is 13.1 Å². The molecule has 1 fully saturated rings. The highest BCUT2D eigenvalue weighted by molar-refractivity contribution is 7.12. The second kappa shape index (κ2) is 8.14. The predicted octanol–water partition coefficient (Wildman–Crippen LogP) is 4.56. The molecule has 1 saturated heterocycles. The van der Waals surface area contributed by atoms with Crippen LogP contribution in [0.1, 0.15) is 15.3 Å². The molecule has 0 bridgehead atoms. The van der Waals surface area contributed by atoms with Crippen molar-refractivity contribution >= 4 is 34.7 Å². The number of morpholine rings is 1. The third kappa shape index (κ3) is 5.11. The third-order valence-corrected chi connectivity index (χ3v) is 5.07. The Morgan fingerprint density at radius 2 is 1.96 bits per heavy atom. The number of amides is 1. The molecule has 0 atom stereocenters. The lowest BCUT2D eigenvalue weighted by molar-refractivity contribution is -0.136. The van der Waals surface area contributed by atoms with Gasteiger partial charge in [0.05, 0.1) is 24.5 Å². The molecule has 1 aromatic heterocycles. The number of halogens is 3. The number of ether oxygens (including phenoxy) is 1. The lowest BCUT2D eigenvalue weighted by Crippen LogP contribution is -2.36. The molecule has 4 nitrogen and oxygen atoms in total. The number of thiophene rings is 1. The second-order valence-electron chi connectivity index (χ2n) is 6.10. The van der Waals surface area contributed by atoms with Crippen molar-refractivity contribution in [2.24, 2.45) is 0 Å². The first kappa shape index (κ1) is 19.4. The predicted molar refractivity (Wildman–Crippen MR) is 101 cm³/mol. The van der Waals surface area contributed by atoms with Crippen LogP contribution in [0.3, 0.4) is 0 Å². The Morgan fingerprint density at radius 1 is 1.22 bits per heavy atom. The molecule has 3 rings (SSSR count). The molecule has 0 radical (unpaired) electrons. The van der Waals surface area contributed by atoms with E-state index in [0.717, 1.165) is 15.8 Å². The maximum atomic E-state index is 13.5. The number of nitrogens with zero attached hydrogens (tertiary/aromatic N) is 1. The smallest absolute Gasteiger partial charge is 0.378 e. The Balaban J connectivity index is 1.79. The first-order chi connectivity index (χ1) is 12.8. The van der Waals surface area contributed by atoms with Crippen molar-refractivity contribution in [3.63, 3.8) is 0 Å². The van der Waals surface area contributed by atoms with E-state index < -0.39 is 17.6 Å². The van der Waals surface area contributed by atoms with Gasteiger partial charge in [-0.15, -0.1) is 11.3 Å². The Bertz CT molecular complexity index is 840. The Hall–Kier alpha value is -2.32. The molecule has 0 spiro atoms. The highest BCUT2D eigenvalue weighted by Gasteiger charge is 2.34. The van der Waals surface area contributed by atoms with E-state index in [1.807, 2.05) is 24.0 Å². The summed E-state index contributed by atoms with van der Waals surface area (Å²) < 4.78 is 45.7. The number of nitrogens with one attached hydrogen (secondary N) is 1. The van der Waals surface area contributed by atoms with Gasteiger partial charge in [0, 0.05) is 34.6 Å². The van der Waals surface area contributed by atoms with Crippen LogP contribution < -0.4 is 10.2 Å². The van der Waals surface area contributed by atoms with Gasteiger partial charge in [0.1, 0.15) is 0 Å². The van der Waals surface area contributed by atoms with Gasteiger partial charge in [-0.3, -0.25) is 4.79 Å². The lowest BCUT2D eigenvalue weighted by atomic mass is 10.1. The Kier molecular flexibility index (Phi) is 5.86. The summed E-state index contributed by atoms with van der Waals surface area (Å²) in [7, 11) is 0. The number of hydrogen-bond acceptors (Lipinski definition) is 4. The highest BCUT2D eigenvalue weighted by atomic mass is 32.1. The fraction of sp³-hybridized carbons (Fsp3) is 0.316. The van der Waals surface area contributed by atoms with Gasteiger partial charge < -0.3 is 15.0 Å². The molecule has 2 aromatic rings. The van der Waals surface area contributed by atoms with Crippen LogP contribution >= 0.6 is 11.3 Å². The summed E-state index contributed by atoms with van der Waals surface area (Å²) in [5, 5.41) is 2.34. The van der Waals surface area contributed by atoms with Crippen molar-refractivity contribution in [3.05, 3.63) is 51.7 Å². The zero-order valence-electron chi connectivity index (χ0n) is 14.7. The quantitative estimate of drug-likeness (QED) is 0.770. The van der Waals surface area contributed by atoms with Crippen LogP contribution in [0.2, 0.25) is 0 Å². The van der Waals surface area contributed by atoms with E-state index in [4.69, 9.17) is 4.74 Å². The largest absolute Gasteiger partial charge is 0.418 e. The van der Waals surface area contributed by atoms with Gasteiger partial charge in [-0.1, -0.05) is 0 Å². The number of rotatable bonds is 4. The molecule has 2 heterocycles. The minimum Gasteiger partial charge on any atom is -0.378 e. The summed E-state index contributed by atoms with van der Waals surface area (Å²) in [6.07, 6.45) is -1.75. The van der Waals surface area contributed by atoms with Gasteiger partial charge in [0.2, 0.25) is 5.91 Å².